The van der Waals surface area contributed by atoms with Gasteiger partial charge in [0.2, 0.25) is 11.9 Å². The number of nitrogens with one attached hydrogen (secondary N) is 1. The Morgan fingerprint density at radius 2 is 1.83 bits per heavy atom. The van der Waals surface area contributed by atoms with Gasteiger partial charge >= 0.3 is 0 Å². The molecule has 1 unspecified atom stereocenters. The van der Waals surface area contributed by atoms with Gasteiger partial charge in [0, 0.05) is 57.7 Å². The number of piperazine rings is 1. The van der Waals surface area contributed by atoms with Crippen LogP contribution in [0.1, 0.15) is 17.5 Å². The summed E-state index contributed by atoms with van der Waals surface area (Å²) in [5.74, 6) is 2.81. The van der Waals surface area contributed by atoms with Gasteiger partial charge in [-0.25, -0.2) is 9.97 Å². The van der Waals surface area contributed by atoms with Crippen LogP contribution < -0.4 is 19.7 Å². The maximum atomic E-state index is 13.2. The number of carbonyl (C=O) groups is 1. The minimum Gasteiger partial charge on any atom is -0.486 e. The van der Waals surface area contributed by atoms with Crippen LogP contribution in [0, 0.1) is 0 Å². The average Bonchev–Trinajstić information content (AvgIpc) is 3.55. The minimum absolute atomic E-state index is 0.0113. The number of anilines is 1. The number of amides is 1. The van der Waals surface area contributed by atoms with Crippen LogP contribution in [0.25, 0.3) is 5.95 Å². The number of imidazole rings is 1. The Bertz CT molecular complexity index is 1540. The van der Waals surface area contributed by atoms with E-state index in [0.717, 1.165) is 35.0 Å². The Hall–Kier alpha value is -3.86. The Labute approximate surface area is 254 Å². The van der Waals surface area contributed by atoms with E-state index < -0.39 is 0 Å². The van der Waals surface area contributed by atoms with Gasteiger partial charge in [0.15, 0.2) is 11.5 Å². The first kappa shape index (κ1) is 28.3. The van der Waals surface area contributed by atoms with Crippen molar-refractivity contribution in [2.45, 2.75) is 25.4 Å². The molecule has 6 rings (SSSR count). The maximum absolute atomic E-state index is 13.2. The van der Waals surface area contributed by atoms with E-state index in [1.165, 1.54) is 0 Å². The average molecular weight is 609 g/mol. The van der Waals surface area contributed by atoms with Gasteiger partial charge in [0.25, 0.3) is 0 Å². The molecule has 0 spiro atoms. The third-order valence-electron chi connectivity index (χ3n) is 7.38. The molecule has 1 saturated heterocycles. The first-order chi connectivity index (χ1) is 20.5. The lowest BCUT2D eigenvalue weighted by molar-refractivity contribution is -0.121. The zero-order chi connectivity index (χ0) is 28.9. The maximum Gasteiger partial charge on any atom is 0.236 e. The van der Waals surface area contributed by atoms with Crippen LogP contribution in [-0.2, 0) is 17.8 Å². The standard InChI is InChI=1S/C30H31Cl2N7O3/c31-24-3-1-22(15-25(24)32)18-37-11-12-39(28-6-8-35-30(36-28)38-10-9-33-20-38)23(19-37)17-29(40)34-7-5-21-2-4-26-27(16-21)42-14-13-41-26/h1-4,6,8-10,15-16,20,23H,5,7,11-14,17-19H2,(H,34,40). The molecule has 0 saturated carbocycles. The summed E-state index contributed by atoms with van der Waals surface area (Å²) in [5.41, 5.74) is 2.16. The number of benzene rings is 2. The van der Waals surface area contributed by atoms with Crippen molar-refractivity contribution < 1.29 is 14.3 Å². The van der Waals surface area contributed by atoms with Crippen LogP contribution in [0.15, 0.2) is 67.4 Å². The summed E-state index contributed by atoms with van der Waals surface area (Å²) in [7, 11) is 0. The molecule has 1 N–H and O–H groups in total. The predicted octanol–water partition coefficient (Wildman–Crippen LogP) is 4.18. The summed E-state index contributed by atoms with van der Waals surface area (Å²) in [6.07, 6.45) is 7.92. The molecule has 2 aliphatic heterocycles. The van der Waals surface area contributed by atoms with Crippen molar-refractivity contribution in [1.29, 1.82) is 0 Å². The highest BCUT2D eigenvalue weighted by atomic mass is 35.5. The van der Waals surface area contributed by atoms with Crippen molar-refractivity contribution in [2.24, 2.45) is 0 Å². The highest BCUT2D eigenvalue weighted by Gasteiger charge is 2.30. The highest BCUT2D eigenvalue weighted by molar-refractivity contribution is 6.42. The lowest BCUT2D eigenvalue weighted by atomic mass is 10.1. The Balaban J connectivity index is 1.13. The fraction of sp³-hybridized carbons (Fsp3) is 0.333. The van der Waals surface area contributed by atoms with Crippen molar-refractivity contribution in [1.82, 2.24) is 29.7 Å². The molecule has 42 heavy (non-hydrogen) atoms. The van der Waals surface area contributed by atoms with Gasteiger partial charge in [-0.2, -0.15) is 4.98 Å². The lowest BCUT2D eigenvalue weighted by Crippen LogP contribution is -2.54. The number of nitrogens with zero attached hydrogens (tertiary/aromatic N) is 6. The molecule has 0 radical (unpaired) electrons. The van der Waals surface area contributed by atoms with Crippen LogP contribution in [0.3, 0.4) is 0 Å². The summed E-state index contributed by atoms with van der Waals surface area (Å²) in [6.45, 7) is 4.52. The van der Waals surface area contributed by atoms with Gasteiger partial charge in [-0.05, 0) is 47.9 Å². The van der Waals surface area contributed by atoms with Crippen molar-refractivity contribution in [3.8, 4) is 17.4 Å². The second-order valence-electron chi connectivity index (χ2n) is 10.3. The number of rotatable bonds is 9. The number of halogens is 2. The van der Waals surface area contributed by atoms with E-state index in [4.69, 9.17) is 37.7 Å². The Morgan fingerprint density at radius 3 is 2.67 bits per heavy atom. The van der Waals surface area contributed by atoms with E-state index in [9.17, 15) is 4.79 Å². The molecule has 218 valence electrons. The SMILES string of the molecule is O=C(CC1CN(Cc2ccc(Cl)c(Cl)c2)CCN1c1ccnc(-n2ccnc2)n1)NCCc1ccc2c(c1)OCCO2. The van der Waals surface area contributed by atoms with Crippen molar-refractivity contribution in [3.05, 3.63) is 88.6 Å². The van der Waals surface area contributed by atoms with Crippen LogP contribution in [-0.4, -0.2) is 75.8 Å². The predicted molar refractivity (Wildman–Crippen MR) is 161 cm³/mol. The molecule has 12 heteroatoms. The summed E-state index contributed by atoms with van der Waals surface area (Å²) in [5, 5.41) is 4.18. The normalized spacial score (nSPS) is 16.8. The molecule has 4 heterocycles. The fourth-order valence-corrected chi connectivity index (χ4v) is 5.63. The third-order valence-corrected chi connectivity index (χ3v) is 8.12. The van der Waals surface area contributed by atoms with E-state index in [1.54, 1.807) is 29.5 Å². The second kappa shape index (κ2) is 13.0. The van der Waals surface area contributed by atoms with Crippen LogP contribution in [0.4, 0.5) is 5.82 Å². The van der Waals surface area contributed by atoms with Gasteiger partial charge in [0.05, 0.1) is 16.1 Å². The van der Waals surface area contributed by atoms with Crippen molar-refractivity contribution in [3.63, 3.8) is 0 Å². The molecule has 1 fully saturated rings. The van der Waals surface area contributed by atoms with Gasteiger partial charge in [0.1, 0.15) is 25.4 Å². The highest BCUT2D eigenvalue weighted by Crippen LogP contribution is 2.31. The summed E-state index contributed by atoms with van der Waals surface area (Å²) >= 11 is 12.4. The molecule has 2 aromatic carbocycles. The number of carbonyl (C=O) groups excluding carboxylic acids is 1. The van der Waals surface area contributed by atoms with E-state index in [-0.39, 0.29) is 11.9 Å². The number of aromatic nitrogens is 4. The minimum atomic E-state index is -0.0960. The molecule has 2 aromatic heterocycles. The van der Waals surface area contributed by atoms with Crippen molar-refractivity contribution >= 4 is 34.9 Å². The quantitative estimate of drug-likeness (QED) is 0.303. The third kappa shape index (κ3) is 6.78. The molecular formula is C30H31Cl2N7O3. The summed E-state index contributed by atoms with van der Waals surface area (Å²) in [6, 6.07) is 13.4. The summed E-state index contributed by atoms with van der Waals surface area (Å²) in [4.78, 5) is 31.1. The molecule has 4 aromatic rings. The van der Waals surface area contributed by atoms with Gasteiger partial charge in [-0.3, -0.25) is 14.3 Å². The zero-order valence-corrected chi connectivity index (χ0v) is 24.5. The first-order valence-corrected chi connectivity index (χ1v) is 14.7. The van der Waals surface area contributed by atoms with Gasteiger partial charge in [-0.1, -0.05) is 35.3 Å². The van der Waals surface area contributed by atoms with Gasteiger partial charge in [-0.15, -0.1) is 0 Å². The number of fused-ring (bicyclic) bond motifs is 1. The molecule has 10 nitrogen and oxygen atoms in total. The summed E-state index contributed by atoms with van der Waals surface area (Å²) < 4.78 is 13.1. The molecule has 1 atom stereocenters. The topological polar surface area (TPSA) is 97.6 Å². The van der Waals surface area contributed by atoms with E-state index >= 15 is 0 Å². The van der Waals surface area contributed by atoms with E-state index in [1.807, 2.05) is 42.5 Å². The number of ether oxygens (including phenoxy) is 2. The van der Waals surface area contributed by atoms with E-state index in [2.05, 4.69) is 25.1 Å². The Kier molecular flexibility index (Phi) is 8.73. The smallest absolute Gasteiger partial charge is 0.236 e. The molecular weight excluding hydrogens is 577 g/mol. The fourth-order valence-electron chi connectivity index (χ4n) is 5.31. The molecule has 0 bridgehead atoms. The van der Waals surface area contributed by atoms with Crippen LogP contribution >= 0.6 is 23.2 Å². The first-order valence-electron chi connectivity index (χ1n) is 13.9. The lowest BCUT2D eigenvalue weighted by Gasteiger charge is -2.42. The largest absolute Gasteiger partial charge is 0.486 e. The zero-order valence-electron chi connectivity index (χ0n) is 23.0. The molecule has 2 aliphatic rings. The molecule has 0 aliphatic carbocycles. The van der Waals surface area contributed by atoms with Crippen LogP contribution in [0.5, 0.6) is 11.5 Å². The van der Waals surface area contributed by atoms with Crippen LogP contribution in [0.2, 0.25) is 10.0 Å². The van der Waals surface area contributed by atoms with E-state index in [0.29, 0.717) is 68.2 Å². The number of hydrogen-bond donors (Lipinski definition) is 1. The monoisotopic (exact) mass is 607 g/mol. The Morgan fingerprint density at radius 1 is 0.976 bits per heavy atom. The second-order valence-corrected chi connectivity index (χ2v) is 11.1. The number of hydrogen-bond acceptors (Lipinski definition) is 8. The molecule has 1 amide bonds. The van der Waals surface area contributed by atoms with Gasteiger partial charge < -0.3 is 19.7 Å². The van der Waals surface area contributed by atoms with Crippen molar-refractivity contribution in [2.75, 3.05) is 44.3 Å².